The molecule has 174 valence electrons. The zero-order valence-electron chi connectivity index (χ0n) is 19.6. The zero-order chi connectivity index (χ0) is 23.1. The average Bonchev–Trinajstić information content (AvgIpc) is 3.27. The van der Waals surface area contributed by atoms with Crippen LogP contribution in [0.25, 0.3) is 10.9 Å². The molecule has 0 radical (unpaired) electrons. The van der Waals surface area contributed by atoms with E-state index in [-0.39, 0.29) is 18.2 Å². The molecular weight excluding hydrogens is 416 g/mol. The maximum Gasteiger partial charge on any atom is 0.335 e. The number of hydrogen-bond acceptors (Lipinski definition) is 4. The van der Waals surface area contributed by atoms with E-state index in [1.54, 1.807) is 19.2 Å². The van der Waals surface area contributed by atoms with E-state index in [4.69, 9.17) is 9.47 Å². The number of likely N-dealkylation sites (tertiary alicyclic amines) is 1. The fourth-order valence-electron chi connectivity index (χ4n) is 5.90. The molecule has 1 unspecified atom stereocenters. The highest BCUT2D eigenvalue weighted by Gasteiger charge is 2.38. The molecule has 0 saturated carbocycles. The SMILES string of the molecule is CCO[C@H]1CCN(C2CCc3c[nH]c4c(C)cc(OC)c2c34)[C@H](c2ccc(C(=O)O)cc2)C1. The number of aromatic amines is 1. The van der Waals surface area contributed by atoms with Gasteiger partial charge in [0.2, 0.25) is 0 Å². The Morgan fingerprint density at radius 1 is 1.21 bits per heavy atom. The van der Waals surface area contributed by atoms with Crippen molar-refractivity contribution >= 4 is 16.9 Å². The molecule has 1 fully saturated rings. The lowest BCUT2D eigenvalue weighted by molar-refractivity contribution is -0.0275. The third-order valence-electron chi connectivity index (χ3n) is 7.42. The van der Waals surface area contributed by atoms with Gasteiger partial charge >= 0.3 is 5.97 Å². The first-order valence-corrected chi connectivity index (χ1v) is 11.9. The van der Waals surface area contributed by atoms with Crippen LogP contribution in [0.3, 0.4) is 0 Å². The van der Waals surface area contributed by atoms with E-state index in [2.05, 4.69) is 29.1 Å². The second kappa shape index (κ2) is 8.84. The fourth-order valence-corrected chi connectivity index (χ4v) is 5.90. The number of aromatic carboxylic acids is 1. The van der Waals surface area contributed by atoms with Crippen molar-refractivity contribution in [3.8, 4) is 5.75 Å². The summed E-state index contributed by atoms with van der Waals surface area (Å²) >= 11 is 0. The summed E-state index contributed by atoms with van der Waals surface area (Å²) < 4.78 is 12.0. The van der Waals surface area contributed by atoms with Crippen LogP contribution in [-0.2, 0) is 11.2 Å². The van der Waals surface area contributed by atoms with E-state index in [0.29, 0.717) is 12.2 Å². The Hall–Kier alpha value is -2.83. The molecule has 6 nitrogen and oxygen atoms in total. The van der Waals surface area contributed by atoms with Crippen molar-refractivity contribution in [2.75, 3.05) is 20.3 Å². The Morgan fingerprint density at radius 2 is 2.00 bits per heavy atom. The number of nitrogens with one attached hydrogen (secondary N) is 1. The summed E-state index contributed by atoms with van der Waals surface area (Å²) in [6.07, 6.45) is 6.31. The molecule has 33 heavy (non-hydrogen) atoms. The van der Waals surface area contributed by atoms with Crippen LogP contribution in [0, 0.1) is 6.92 Å². The van der Waals surface area contributed by atoms with Crippen LogP contribution in [0.2, 0.25) is 0 Å². The first-order chi connectivity index (χ1) is 16.0. The second-order valence-electron chi connectivity index (χ2n) is 9.21. The molecule has 1 aromatic heterocycles. The minimum absolute atomic E-state index is 0.157. The van der Waals surface area contributed by atoms with Gasteiger partial charge in [0.25, 0.3) is 0 Å². The summed E-state index contributed by atoms with van der Waals surface area (Å²) in [5.74, 6) is 0.0609. The third kappa shape index (κ3) is 3.81. The van der Waals surface area contributed by atoms with Gasteiger partial charge < -0.3 is 19.6 Å². The smallest absolute Gasteiger partial charge is 0.335 e. The van der Waals surface area contributed by atoms with E-state index >= 15 is 0 Å². The highest BCUT2D eigenvalue weighted by molar-refractivity contribution is 5.92. The Balaban J connectivity index is 1.58. The number of H-pyrrole nitrogens is 1. The van der Waals surface area contributed by atoms with Crippen LogP contribution in [0.15, 0.2) is 36.5 Å². The number of benzene rings is 2. The minimum Gasteiger partial charge on any atom is -0.496 e. The number of rotatable bonds is 6. The molecule has 2 heterocycles. The number of piperidine rings is 1. The predicted molar refractivity (Wildman–Crippen MR) is 128 cm³/mol. The number of carboxylic acid groups (broad SMARTS) is 1. The van der Waals surface area contributed by atoms with Crippen molar-refractivity contribution in [3.63, 3.8) is 0 Å². The molecule has 0 amide bonds. The third-order valence-corrected chi connectivity index (χ3v) is 7.42. The van der Waals surface area contributed by atoms with Crippen molar-refractivity contribution < 1.29 is 19.4 Å². The van der Waals surface area contributed by atoms with Gasteiger partial charge in [0.15, 0.2) is 0 Å². The van der Waals surface area contributed by atoms with Crippen LogP contribution < -0.4 is 4.74 Å². The molecule has 1 aliphatic heterocycles. The van der Waals surface area contributed by atoms with Gasteiger partial charge in [0.1, 0.15) is 5.75 Å². The number of aryl methyl sites for hydroxylation is 2. The van der Waals surface area contributed by atoms with Crippen LogP contribution >= 0.6 is 0 Å². The molecule has 3 aromatic rings. The molecule has 5 rings (SSSR count). The molecular formula is C27H32N2O4. The van der Waals surface area contributed by atoms with Crippen LogP contribution in [0.1, 0.15) is 70.9 Å². The number of aromatic nitrogens is 1. The van der Waals surface area contributed by atoms with Crippen molar-refractivity contribution in [1.29, 1.82) is 0 Å². The maximum absolute atomic E-state index is 11.4. The monoisotopic (exact) mass is 448 g/mol. The number of hydrogen-bond donors (Lipinski definition) is 2. The van der Waals surface area contributed by atoms with Gasteiger partial charge in [0.05, 0.1) is 18.8 Å². The van der Waals surface area contributed by atoms with Crippen LogP contribution in [0.4, 0.5) is 0 Å². The van der Waals surface area contributed by atoms with E-state index in [9.17, 15) is 9.90 Å². The fraction of sp³-hybridized carbons (Fsp3) is 0.444. The van der Waals surface area contributed by atoms with Crippen LogP contribution in [-0.4, -0.2) is 47.3 Å². The average molecular weight is 449 g/mol. The first kappa shape index (κ1) is 22.0. The van der Waals surface area contributed by atoms with E-state index in [1.807, 2.05) is 19.1 Å². The molecule has 2 aromatic carbocycles. The number of carbonyl (C=O) groups is 1. The highest BCUT2D eigenvalue weighted by Crippen LogP contribution is 2.49. The summed E-state index contributed by atoms with van der Waals surface area (Å²) in [7, 11) is 1.76. The Labute approximate surface area is 194 Å². The molecule has 0 bridgehead atoms. The summed E-state index contributed by atoms with van der Waals surface area (Å²) in [5.41, 5.74) is 6.52. The van der Waals surface area contributed by atoms with Gasteiger partial charge in [-0.15, -0.1) is 0 Å². The van der Waals surface area contributed by atoms with Crippen molar-refractivity contribution in [2.24, 2.45) is 0 Å². The normalized spacial score (nSPS) is 23.1. The molecule has 6 heteroatoms. The summed E-state index contributed by atoms with van der Waals surface area (Å²) in [5, 5.41) is 10.7. The van der Waals surface area contributed by atoms with E-state index < -0.39 is 5.97 Å². The quantitative estimate of drug-likeness (QED) is 0.527. The Bertz CT molecular complexity index is 1170. The standard InChI is InChI=1S/C27H32N2O4/c1-4-33-20-11-12-29(22(14-20)17-5-7-18(8-6-17)27(30)31)21-10-9-19-15-28-26-16(2)13-23(32-3)25(21)24(19)26/h5-8,13,15,20-22,28H,4,9-12,14H2,1-3H3,(H,30,31)/t20-,21?,22-/m0/s1. The highest BCUT2D eigenvalue weighted by atomic mass is 16.5. The largest absolute Gasteiger partial charge is 0.496 e. The van der Waals surface area contributed by atoms with Gasteiger partial charge in [-0.05, 0) is 74.4 Å². The Kier molecular flexibility index (Phi) is 5.89. The van der Waals surface area contributed by atoms with Gasteiger partial charge in [-0.25, -0.2) is 4.79 Å². The summed E-state index contributed by atoms with van der Waals surface area (Å²) in [6, 6.07) is 9.93. The van der Waals surface area contributed by atoms with Crippen molar-refractivity contribution in [2.45, 2.75) is 57.7 Å². The molecule has 0 spiro atoms. The maximum atomic E-state index is 11.4. The topological polar surface area (TPSA) is 74.8 Å². The summed E-state index contributed by atoms with van der Waals surface area (Å²) in [4.78, 5) is 17.5. The molecule has 1 aliphatic carbocycles. The number of ether oxygens (including phenoxy) is 2. The number of methoxy groups -OCH3 is 1. The van der Waals surface area contributed by atoms with Gasteiger partial charge in [0, 0.05) is 47.9 Å². The molecule has 1 saturated heterocycles. The first-order valence-electron chi connectivity index (χ1n) is 11.9. The lowest BCUT2D eigenvalue weighted by Gasteiger charge is -2.45. The Morgan fingerprint density at radius 3 is 2.70 bits per heavy atom. The van der Waals surface area contributed by atoms with Gasteiger partial charge in [-0.2, -0.15) is 0 Å². The van der Waals surface area contributed by atoms with Gasteiger partial charge in [-0.3, -0.25) is 4.90 Å². The lowest BCUT2D eigenvalue weighted by Crippen LogP contribution is -2.42. The molecule has 3 atom stereocenters. The predicted octanol–water partition coefficient (Wildman–Crippen LogP) is 5.41. The summed E-state index contributed by atoms with van der Waals surface area (Å²) in [6.45, 7) is 5.81. The molecule has 2 N–H and O–H groups in total. The zero-order valence-corrected chi connectivity index (χ0v) is 19.6. The van der Waals surface area contributed by atoms with Crippen LogP contribution in [0.5, 0.6) is 5.75 Å². The van der Waals surface area contributed by atoms with Crippen molar-refractivity contribution in [1.82, 2.24) is 9.88 Å². The number of nitrogens with zero attached hydrogens (tertiary/aromatic N) is 1. The second-order valence-corrected chi connectivity index (χ2v) is 9.21. The number of carboxylic acids is 1. The van der Waals surface area contributed by atoms with Gasteiger partial charge in [-0.1, -0.05) is 12.1 Å². The minimum atomic E-state index is -0.895. The lowest BCUT2D eigenvalue weighted by atomic mass is 9.82. The van der Waals surface area contributed by atoms with E-state index in [1.165, 1.54) is 27.6 Å². The van der Waals surface area contributed by atoms with Crippen molar-refractivity contribution in [3.05, 3.63) is 64.3 Å². The molecule has 2 aliphatic rings. The van der Waals surface area contributed by atoms with E-state index in [0.717, 1.165) is 43.5 Å².